The highest BCUT2D eigenvalue weighted by Gasteiger charge is 2.15. The number of carbonyl (C=O) groups is 1. The lowest BCUT2D eigenvalue weighted by molar-refractivity contribution is -0.126. The molecule has 0 aliphatic carbocycles. The molecule has 1 atom stereocenters. The zero-order valence-corrected chi connectivity index (χ0v) is 13.7. The average Bonchev–Trinajstić information content (AvgIpc) is 3.17. The molecule has 5 nitrogen and oxygen atoms in total. The van der Waals surface area contributed by atoms with E-state index in [9.17, 15) is 4.79 Å². The van der Waals surface area contributed by atoms with E-state index in [1.807, 2.05) is 24.4 Å². The fraction of sp³-hybridized carbons (Fsp3) is 0.471. The molecule has 1 aliphatic heterocycles. The molecule has 1 fully saturated rings. The van der Waals surface area contributed by atoms with Crippen LogP contribution in [0.3, 0.4) is 0 Å². The van der Waals surface area contributed by atoms with Gasteiger partial charge in [-0.1, -0.05) is 11.6 Å². The summed E-state index contributed by atoms with van der Waals surface area (Å²) in [6.45, 7) is 1.95. The third-order valence-electron chi connectivity index (χ3n) is 4.01. The number of ether oxygens (including phenoxy) is 2. The average molecular weight is 337 g/mol. The second-order valence-electron chi connectivity index (χ2n) is 5.75. The minimum absolute atomic E-state index is 0.0829. The minimum Gasteiger partial charge on any atom is -0.376 e. The second-order valence-corrected chi connectivity index (χ2v) is 6.19. The zero-order chi connectivity index (χ0) is 16.1. The summed E-state index contributed by atoms with van der Waals surface area (Å²) in [5.74, 6) is -0.0964. The first-order valence-corrected chi connectivity index (χ1v) is 8.32. The number of hydrogen-bond donors (Lipinski definition) is 2. The van der Waals surface area contributed by atoms with E-state index >= 15 is 0 Å². The Bertz CT molecular complexity index is 665. The standard InChI is InChI=1S/C17H21ClN2O3/c18-13-3-4-16-15(8-13)12(9-20-16)5-6-19-17(21)11-22-10-14-2-1-7-23-14/h3-4,8-9,14,20H,1-2,5-7,10-11H2,(H,19,21). The van der Waals surface area contributed by atoms with E-state index in [4.69, 9.17) is 21.1 Å². The number of hydrogen-bond acceptors (Lipinski definition) is 3. The van der Waals surface area contributed by atoms with Gasteiger partial charge in [0.2, 0.25) is 5.91 Å². The molecule has 1 unspecified atom stereocenters. The van der Waals surface area contributed by atoms with Crippen LogP contribution in [0.1, 0.15) is 18.4 Å². The van der Waals surface area contributed by atoms with Crippen LogP contribution in [0.2, 0.25) is 5.02 Å². The van der Waals surface area contributed by atoms with Gasteiger partial charge in [0.1, 0.15) is 6.61 Å². The molecule has 2 heterocycles. The highest BCUT2D eigenvalue weighted by molar-refractivity contribution is 6.31. The van der Waals surface area contributed by atoms with E-state index in [0.717, 1.165) is 42.3 Å². The predicted octanol–water partition coefficient (Wildman–Crippen LogP) is 2.68. The van der Waals surface area contributed by atoms with E-state index < -0.39 is 0 Å². The van der Waals surface area contributed by atoms with Crippen LogP contribution >= 0.6 is 11.6 Å². The summed E-state index contributed by atoms with van der Waals surface area (Å²) < 4.78 is 10.8. The predicted molar refractivity (Wildman–Crippen MR) is 89.8 cm³/mol. The molecule has 0 saturated carbocycles. The van der Waals surface area contributed by atoms with Gasteiger partial charge in [-0.05, 0) is 43.0 Å². The van der Waals surface area contributed by atoms with Gasteiger partial charge >= 0.3 is 0 Å². The summed E-state index contributed by atoms with van der Waals surface area (Å²) >= 11 is 6.03. The number of H-pyrrole nitrogens is 1. The van der Waals surface area contributed by atoms with Gasteiger partial charge in [-0.3, -0.25) is 4.79 Å². The summed E-state index contributed by atoms with van der Waals surface area (Å²) in [6, 6.07) is 5.76. The lowest BCUT2D eigenvalue weighted by Gasteiger charge is -2.10. The lowest BCUT2D eigenvalue weighted by atomic mass is 10.1. The van der Waals surface area contributed by atoms with Gasteiger partial charge in [-0.15, -0.1) is 0 Å². The highest BCUT2D eigenvalue weighted by Crippen LogP contribution is 2.22. The van der Waals surface area contributed by atoms with E-state index in [2.05, 4.69) is 10.3 Å². The smallest absolute Gasteiger partial charge is 0.246 e. The normalized spacial score (nSPS) is 17.7. The molecule has 1 saturated heterocycles. The first-order valence-electron chi connectivity index (χ1n) is 7.94. The zero-order valence-electron chi connectivity index (χ0n) is 12.9. The maximum absolute atomic E-state index is 11.8. The first kappa shape index (κ1) is 16.3. The number of nitrogens with one attached hydrogen (secondary N) is 2. The summed E-state index contributed by atoms with van der Waals surface area (Å²) in [5, 5.41) is 4.69. The molecule has 0 radical (unpaired) electrons. The van der Waals surface area contributed by atoms with Crippen molar-refractivity contribution in [1.82, 2.24) is 10.3 Å². The summed E-state index contributed by atoms with van der Waals surface area (Å²) in [5.41, 5.74) is 2.19. The summed E-state index contributed by atoms with van der Waals surface area (Å²) in [4.78, 5) is 15.0. The van der Waals surface area contributed by atoms with Crippen LogP contribution in [0.25, 0.3) is 10.9 Å². The molecule has 3 rings (SSSR count). The van der Waals surface area contributed by atoms with Crippen molar-refractivity contribution in [3.63, 3.8) is 0 Å². The molecular weight excluding hydrogens is 316 g/mol. The van der Waals surface area contributed by atoms with E-state index in [1.54, 1.807) is 0 Å². The molecule has 1 aromatic carbocycles. The van der Waals surface area contributed by atoms with Crippen LogP contribution in [0.15, 0.2) is 24.4 Å². The molecule has 23 heavy (non-hydrogen) atoms. The van der Waals surface area contributed by atoms with Gasteiger partial charge in [0.25, 0.3) is 0 Å². The fourth-order valence-electron chi connectivity index (χ4n) is 2.80. The maximum atomic E-state index is 11.8. The van der Waals surface area contributed by atoms with Crippen LogP contribution in [-0.2, 0) is 20.7 Å². The van der Waals surface area contributed by atoms with Gasteiger partial charge in [-0.2, -0.15) is 0 Å². The van der Waals surface area contributed by atoms with Crippen molar-refractivity contribution in [2.75, 3.05) is 26.4 Å². The molecule has 6 heteroatoms. The maximum Gasteiger partial charge on any atom is 0.246 e. The lowest BCUT2D eigenvalue weighted by Crippen LogP contribution is -2.30. The molecule has 0 spiro atoms. The number of benzene rings is 1. The van der Waals surface area contributed by atoms with Gasteiger partial charge in [-0.25, -0.2) is 0 Å². The van der Waals surface area contributed by atoms with Crippen LogP contribution < -0.4 is 5.32 Å². The van der Waals surface area contributed by atoms with E-state index in [-0.39, 0.29) is 18.6 Å². The van der Waals surface area contributed by atoms with Crippen LogP contribution in [0, 0.1) is 0 Å². The van der Waals surface area contributed by atoms with Crippen LogP contribution in [-0.4, -0.2) is 43.4 Å². The number of aromatic nitrogens is 1. The van der Waals surface area contributed by atoms with Crippen molar-refractivity contribution >= 4 is 28.4 Å². The molecule has 1 amide bonds. The van der Waals surface area contributed by atoms with Crippen LogP contribution in [0.4, 0.5) is 0 Å². The Morgan fingerprint density at radius 2 is 2.39 bits per heavy atom. The number of halogens is 1. The fourth-order valence-corrected chi connectivity index (χ4v) is 2.98. The van der Waals surface area contributed by atoms with Crippen LogP contribution in [0.5, 0.6) is 0 Å². The monoisotopic (exact) mass is 336 g/mol. The van der Waals surface area contributed by atoms with Crippen molar-refractivity contribution in [3.8, 4) is 0 Å². The van der Waals surface area contributed by atoms with Gasteiger partial charge in [0, 0.05) is 35.3 Å². The van der Waals surface area contributed by atoms with Gasteiger partial charge < -0.3 is 19.8 Å². The number of amides is 1. The minimum atomic E-state index is -0.0964. The molecule has 124 valence electrons. The van der Waals surface area contributed by atoms with Crippen molar-refractivity contribution in [2.24, 2.45) is 0 Å². The van der Waals surface area contributed by atoms with E-state index in [0.29, 0.717) is 18.2 Å². The SMILES string of the molecule is O=C(COCC1CCCO1)NCCc1c[nH]c2ccc(Cl)cc12. The molecule has 0 bridgehead atoms. The molecular formula is C17H21ClN2O3. The third-order valence-corrected chi connectivity index (χ3v) is 4.24. The van der Waals surface area contributed by atoms with Gasteiger partial charge in [0.05, 0.1) is 12.7 Å². The highest BCUT2D eigenvalue weighted by atomic mass is 35.5. The van der Waals surface area contributed by atoms with Gasteiger partial charge in [0.15, 0.2) is 0 Å². The number of rotatable bonds is 7. The number of aromatic amines is 1. The van der Waals surface area contributed by atoms with Crippen molar-refractivity contribution in [3.05, 3.63) is 35.0 Å². The Kier molecular flexibility index (Phi) is 5.54. The Balaban J connectivity index is 1.39. The first-order chi connectivity index (χ1) is 11.2. The Labute approximate surface area is 140 Å². The Morgan fingerprint density at radius 1 is 1.48 bits per heavy atom. The number of fused-ring (bicyclic) bond motifs is 1. The Morgan fingerprint density at radius 3 is 3.22 bits per heavy atom. The largest absolute Gasteiger partial charge is 0.376 e. The van der Waals surface area contributed by atoms with Crippen molar-refractivity contribution in [2.45, 2.75) is 25.4 Å². The second kappa shape index (κ2) is 7.81. The van der Waals surface area contributed by atoms with E-state index in [1.165, 1.54) is 0 Å². The summed E-state index contributed by atoms with van der Waals surface area (Å²) in [6.07, 6.45) is 4.96. The quantitative estimate of drug-likeness (QED) is 0.817. The molecule has 1 aromatic heterocycles. The molecule has 2 N–H and O–H groups in total. The van der Waals surface area contributed by atoms with Crippen molar-refractivity contribution in [1.29, 1.82) is 0 Å². The summed E-state index contributed by atoms with van der Waals surface area (Å²) in [7, 11) is 0. The number of carbonyl (C=O) groups excluding carboxylic acids is 1. The topological polar surface area (TPSA) is 63.4 Å². The van der Waals surface area contributed by atoms with Crippen molar-refractivity contribution < 1.29 is 14.3 Å². The third kappa shape index (κ3) is 4.47. The Hall–Kier alpha value is -1.56. The molecule has 1 aliphatic rings. The molecule has 2 aromatic rings.